The number of H-pyrrole nitrogens is 1. The average molecular weight is 244 g/mol. The molecule has 0 spiro atoms. The van der Waals surface area contributed by atoms with Crippen molar-refractivity contribution in [3.05, 3.63) is 32.1 Å². The number of halogens is 1. The molecule has 88 valence electrons. The van der Waals surface area contributed by atoms with Crippen LogP contribution in [0.5, 0.6) is 0 Å². The van der Waals surface area contributed by atoms with Crippen molar-refractivity contribution in [1.82, 2.24) is 14.9 Å². The van der Waals surface area contributed by atoms with Crippen molar-refractivity contribution in [2.24, 2.45) is 5.92 Å². The number of piperidine rings is 1. The molecule has 1 aromatic rings. The highest BCUT2D eigenvalue weighted by atomic mass is 35.5. The van der Waals surface area contributed by atoms with Gasteiger partial charge >= 0.3 is 5.69 Å². The maximum absolute atomic E-state index is 11.6. The summed E-state index contributed by atoms with van der Waals surface area (Å²) < 4.78 is 1.22. The molecular formula is C10H14ClN3O2. The lowest BCUT2D eigenvalue weighted by atomic mass is 9.98. The Bertz CT molecular complexity index is 442. The zero-order chi connectivity index (χ0) is 11.5. The molecule has 0 unspecified atom stereocenters. The molecule has 0 amide bonds. The normalized spacial score (nSPS) is 17.6. The highest BCUT2D eigenvalue weighted by Crippen LogP contribution is 2.12. The van der Waals surface area contributed by atoms with Gasteiger partial charge in [0.1, 0.15) is 5.15 Å². The van der Waals surface area contributed by atoms with Gasteiger partial charge in [-0.2, -0.15) is 0 Å². The number of hydrogen-bond acceptors (Lipinski definition) is 3. The summed E-state index contributed by atoms with van der Waals surface area (Å²) in [7, 11) is 0. The molecule has 2 rings (SSSR count). The second kappa shape index (κ2) is 4.84. The Labute approximate surface area is 97.4 Å². The summed E-state index contributed by atoms with van der Waals surface area (Å²) in [5.74, 6) is 0.390. The van der Waals surface area contributed by atoms with Gasteiger partial charge in [-0.15, -0.1) is 0 Å². The fraction of sp³-hybridized carbons (Fsp3) is 0.600. The van der Waals surface area contributed by atoms with Gasteiger partial charge in [-0.05, 0) is 31.8 Å². The quantitative estimate of drug-likeness (QED) is 0.729. The van der Waals surface area contributed by atoms with Crippen molar-refractivity contribution in [3.8, 4) is 0 Å². The number of hydrogen-bond donors (Lipinski definition) is 2. The van der Waals surface area contributed by atoms with Crippen molar-refractivity contribution in [2.75, 3.05) is 13.1 Å². The number of aromatic nitrogens is 2. The molecule has 0 radical (unpaired) electrons. The van der Waals surface area contributed by atoms with Gasteiger partial charge in [0, 0.05) is 12.6 Å². The first-order chi connectivity index (χ1) is 7.66. The molecule has 1 fully saturated rings. The number of aromatic amines is 1. The van der Waals surface area contributed by atoms with Crippen LogP contribution in [0, 0.1) is 5.92 Å². The molecule has 5 nitrogen and oxygen atoms in total. The van der Waals surface area contributed by atoms with Crippen molar-refractivity contribution in [3.63, 3.8) is 0 Å². The van der Waals surface area contributed by atoms with Crippen LogP contribution in [-0.4, -0.2) is 22.6 Å². The summed E-state index contributed by atoms with van der Waals surface area (Å²) in [6.45, 7) is 2.38. The molecule has 1 aliphatic rings. The van der Waals surface area contributed by atoms with E-state index in [1.807, 2.05) is 0 Å². The lowest BCUT2D eigenvalue weighted by Gasteiger charge is -2.22. The third-order valence-corrected chi connectivity index (χ3v) is 3.09. The smallest absolute Gasteiger partial charge is 0.317 e. The molecule has 6 heteroatoms. The van der Waals surface area contributed by atoms with Crippen molar-refractivity contribution < 1.29 is 0 Å². The summed E-state index contributed by atoms with van der Waals surface area (Å²) >= 11 is 5.59. The summed E-state index contributed by atoms with van der Waals surface area (Å²) in [6, 6.07) is 1.24. The first-order valence-electron chi connectivity index (χ1n) is 5.37. The Kier molecular flexibility index (Phi) is 3.46. The maximum atomic E-state index is 11.6. The highest BCUT2D eigenvalue weighted by molar-refractivity contribution is 6.29. The average Bonchev–Trinajstić information content (AvgIpc) is 2.25. The Morgan fingerprint density at radius 1 is 1.38 bits per heavy atom. The van der Waals surface area contributed by atoms with Gasteiger partial charge in [0.05, 0.1) is 0 Å². The molecule has 2 heterocycles. The van der Waals surface area contributed by atoms with Crippen LogP contribution in [0.1, 0.15) is 12.8 Å². The van der Waals surface area contributed by atoms with Crippen LogP contribution in [0.2, 0.25) is 5.15 Å². The maximum Gasteiger partial charge on any atom is 0.329 e. The predicted octanol–water partition coefficient (Wildman–Crippen LogP) is 0.190. The van der Waals surface area contributed by atoms with Crippen LogP contribution < -0.4 is 16.6 Å². The summed E-state index contributed by atoms with van der Waals surface area (Å²) in [4.78, 5) is 25.5. The van der Waals surface area contributed by atoms with Gasteiger partial charge in [0.2, 0.25) is 0 Å². The van der Waals surface area contributed by atoms with E-state index in [-0.39, 0.29) is 10.7 Å². The first kappa shape index (κ1) is 11.4. The Morgan fingerprint density at radius 3 is 2.69 bits per heavy atom. The number of nitrogens with one attached hydrogen (secondary N) is 2. The molecule has 1 aliphatic heterocycles. The highest BCUT2D eigenvalue weighted by Gasteiger charge is 2.15. The molecule has 0 aromatic carbocycles. The largest absolute Gasteiger partial charge is 0.329 e. The van der Waals surface area contributed by atoms with Crippen LogP contribution in [0.4, 0.5) is 0 Å². The number of nitrogens with zero attached hydrogens (tertiary/aromatic N) is 1. The lowest BCUT2D eigenvalue weighted by Crippen LogP contribution is -2.39. The summed E-state index contributed by atoms with van der Waals surface area (Å²) in [6.07, 6.45) is 1.99. The van der Waals surface area contributed by atoms with Crippen LogP contribution >= 0.6 is 11.6 Å². The van der Waals surface area contributed by atoms with Crippen molar-refractivity contribution >= 4 is 11.6 Å². The molecule has 2 N–H and O–H groups in total. The number of rotatable bonds is 2. The third kappa shape index (κ3) is 2.54. The fourth-order valence-corrected chi connectivity index (χ4v) is 2.16. The Balaban J connectivity index is 2.20. The van der Waals surface area contributed by atoms with Gasteiger partial charge in [0.25, 0.3) is 5.56 Å². The molecular weight excluding hydrogens is 230 g/mol. The minimum Gasteiger partial charge on any atom is -0.317 e. The first-order valence-corrected chi connectivity index (χ1v) is 5.75. The van der Waals surface area contributed by atoms with E-state index in [1.165, 1.54) is 10.6 Å². The zero-order valence-electron chi connectivity index (χ0n) is 8.83. The monoisotopic (exact) mass is 243 g/mol. The van der Waals surface area contributed by atoms with Crippen LogP contribution in [0.15, 0.2) is 15.7 Å². The SMILES string of the molecule is O=c1cc(Cl)[nH]c(=O)n1CC1CCNCC1. The zero-order valence-corrected chi connectivity index (χ0v) is 9.59. The van der Waals surface area contributed by atoms with E-state index < -0.39 is 5.69 Å². The van der Waals surface area contributed by atoms with Gasteiger partial charge in [-0.25, -0.2) is 4.79 Å². The van der Waals surface area contributed by atoms with Crippen molar-refractivity contribution in [2.45, 2.75) is 19.4 Å². The van der Waals surface area contributed by atoms with E-state index in [0.29, 0.717) is 12.5 Å². The van der Waals surface area contributed by atoms with Crippen LogP contribution in [-0.2, 0) is 6.54 Å². The molecule has 0 aliphatic carbocycles. The van der Waals surface area contributed by atoms with Gasteiger partial charge in [0.15, 0.2) is 0 Å². The van der Waals surface area contributed by atoms with Crippen molar-refractivity contribution in [1.29, 1.82) is 0 Å². The van der Waals surface area contributed by atoms with Crippen LogP contribution in [0.25, 0.3) is 0 Å². The second-order valence-corrected chi connectivity index (χ2v) is 4.47. The Morgan fingerprint density at radius 2 is 2.06 bits per heavy atom. The second-order valence-electron chi connectivity index (χ2n) is 4.06. The van der Waals surface area contributed by atoms with Gasteiger partial charge in [-0.1, -0.05) is 11.6 Å². The van der Waals surface area contributed by atoms with Gasteiger partial charge in [-0.3, -0.25) is 14.3 Å². The molecule has 0 bridgehead atoms. The lowest BCUT2D eigenvalue weighted by molar-refractivity contribution is 0.325. The minimum atomic E-state index is -0.420. The minimum absolute atomic E-state index is 0.0940. The molecule has 1 aromatic heterocycles. The molecule has 16 heavy (non-hydrogen) atoms. The predicted molar refractivity (Wildman–Crippen MR) is 61.9 cm³/mol. The molecule has 0 atom stereocenters. The van der Waals surface area contributed by atoms with Gasteiger partial charge < -0.3 is 5.32 Å². The summed E-state index contributed by atoms with van der Waals surface area (Å²) in [5, 5.41) is 3.34. The van der Waals surface area contributed by atoms with Crippen LogP contribution in [0.3, 0.4) is 0 Å². The Hall–Kier alpha value is -1.07. The third-order valence-electron chi connectivity index (χ3n) is 2.89. The topological polar surface area (TPSA) is 66.9 Å². The van der Waals surface area contributed by atoms with E-state index in [4.69, 9.17) is 11.6 Å². The summed E-state index contributed by atoms with van der Waals surface area (Å²) in [5.41, 5.74) is -0.747. The van der Waals surface area contributed by atoms with E-state index in [1.54, 1.807) is 0 Å². The van der Waals surface area contributed by atoms with E-state index in [9.17, 15) is 9.59 Å². The fourth-order valence-electron chi connectivity index (χ4n) is 1.99. The molecule has 1 saturated heterocycles. The molecule has 0 saturated carbocycles. The van der Waals surface area contributed by atoms with E-state index >= 15 is 0 Å². The van der Waals surface area contributed by atoms with E-state index in [0.717, 1.165) is 25.9 Å². The standard InChI is InChI=1S/C10H14ClN3O2/c11-8-5-9(15)14(10(16)13-8)6-7-1-3-12-4-2-7/h5,7,12H,1-4,6H2,(H,13,16). The van der Waals surface area contributed by atoms with E-state index in [2.05, 4.69) is 10.3 Å².